The molecule has 1 aliphatic heterocycles. The van der Waals surface area contributed by atoms with Gasteiger partial charge in [0, 0.05) is 30.9 Å². The van der Waals surface area contributed by atoms with E-state index in [4.69, 9.17) is 20.6 Å². The summed E-state index contributed by atoms with van der Waals surface area (Å²) in [5.74, 6) is -0.696. The van der Waals surface area contributed by atoms with E-state index in [0.717, 1.165) is 11.1 Å². The van der Waals surface area contributed by atoms with Gasteiger partial charge in [0.15, 0.2) is 0 Å². The molecule has 0 unspecified atom stereocenters. The fraction of sp³-hybridized carbons (Fsp3) is 0.267. The molecule has 9 heteroatoms. The lowest BCUT2D eigenvalue weighted by Crippen LogP contribution is -2.38. The van der Waals surface area contributed by atoms with Crippen LogP contribution in [0.1, 0.15) is 28.8 Å². The fourth-order valence-electron chi connectivity index (χ4n) is 4.67. The summed E-state index contributed by atoms with van der Waals surface area (Å²) in [6.45, 7) is 0.210. The minimum atomic E-state index is -0.542. The summed E-state index contributed by atoms with van der Waals surface area (Å²) in [5, 5.41) is 7.54. The first-order valence-electron chi connectivity index (χ1n) is 12.6. The molecule has 2 atom stereocenters. The van der Waals surface area contributed by atoms with Crippen LogP contribution in [0.5, 0.6) is 5.75 Å². The molecular formula is C30H32N4O5. The molecule has 1 saturated heterocycles. The average molecular weight is 529 g/mol. The number of carbonyl (C=O) groups is 3. The third-order valence-electron chi connectivity index (χ3n) is 6.75. The number of amides is 2. The maximum atomic E-state index is 13.4. The van der Waals surface area contributed by atoms with Gasteiger partial charge in [0.25, 0.3) is 5.91 Å². The van der Waals surface area contributed by atoms with Gasteiger partial charge in [-0.3, -0.25) is 19.8 Å². The Bertz CT molecular complexity index is 1370. The van der Waals surface area contributed by atoms with Gasteiger partial charge in [0.1, 0.15) is 18.2 Å². The number of amidine groups is 1. The number of nitrogens with two attached hydrogens (primary N) is 1. The largest absolute Gasteiger partial charge is 0.491 e. The van der Waals surface area contributed by atoms with Crippen LogP contribution in [0, 0.1) is 11.3 Å². The molecule has 1 fully saturated rings. The lowest BCUT2D eigenvalue weighted by Gasteiger charge is -2.25. The molecule has 202 valence electrons. The van der Waals surface area contributed by atoms with E-state index in [1.807, 2.05) is 36.4 Å². The number of hydrogen-bond acceptors (Lipinski definition) is 6. The Balaban J connectivity index is 1.52. The fourth-order valence-corrected chi connectivity index (χ4v) is 4.67. The number of benzene rings is 3. The Hall–Kier alpha value is -4.66. The maximum Gasteiger partial charge on any atom is 0.306 e. The standard InChI is InChI=1S/C30H32N4O5/c1-33(2)29(36)22-5-4-6-24(15-22)34-25(16-23(30(34)37)17-27(35)38-3)18-39-26-13-11-20(12-14-26)19-7-9-21(10-8-19)28(31)32/h4-15,23,25H,16-18H2,1-3H3,(H3,31,32)/t23-,25-/m0/s1. The minimum Gasteiger partial charge on any atom is -0.491 e. The van der Waals surface area contributed by atoms with E-state index in [9.17, 15) is 14.4 Å². The van der Waals surface area contributed by atoms with Crippen LogP contribution >= 0.6 is 0 Å². The van der Waals surface area contributed by atoms with Crippen LogP contribution in [0.15, 0.2) is 72.8 Å². The summed E-state index contributed by atoms with van der Waals surface area (Å²) < 4.78 is 10.9. The first kappa shape index (κ1) is 27.4. The molecule has 3 aromatic carbocycles. The third-order valence-corrected chi connectivity index (χ3v) is 6.75. The van der Waals surface area contributed by atoms with Crippen LogP contribution in [-0.4, -0.2) is 62.4 Å². The summed E-state index contributed by atoms with van der Waals surface area (Å²) in [6.07, 6.45) is 0.399. The molecule has 0 bridgehead atoms. The number of nitrogens with one attached hydrogen (secondary N) is 1. The number of ether oxygens (including phenoxy) is 2. The van der Waals surface area contributed by atoms with Crippen LogP contribution in [0.25, 0.3) is 11.1 Å². The molecule has 9 nitrogen and oxygen atoms in total. The summed E-state index contributed by atoms with van der Waals surface area (Å²) in [6, 6.07) is 21.6. The Labute approximate surface area is 227 Å². The van der Waals surface area contributed by atoms with E-state index in [0.29, 0.717) is 29.0 Å². The second-order valence-electron chi connectivity index (χ2n) is 9.65. The van der Waals surface area contributed by atoms with Gasteiger partial charge in [-0.1, -0.05) is 42.5 Å². The van der Waals surface area contributed by atoms with Crippen LogP contribution in [0.2, 0.25) is 0 Å². The summed E-state index contributed by atoms with van der Waals surface area (Å²) in [4.78, 5) is 41.0. The van der Waals surface area contributed by atoms with Crippen molar-refractivity contribution in [3.05, 3.63) is 83.9 Å². The van der Waals surface area contributed by atoms with E-state index >= 15 is 0 Å². The van der Waals surface area contributed by atoms with Crippen molar-refractivity contribution >= 4 is 29.3 Å². The number of carbonyl (C=O) groups excluding carboxylic acids is 3. The molecule has 3 aromatic rings. The van der Waals surface area contributed by atoms with Gasteiger partial charge in [0.2, 0.25) is 5.91 Å². The number of nitrogens with zero attached hydrogens (tertiary/aromatic N) is 2. The normalized spacial score (nSPS) is 16.6. The van der Waals surface area contributed by atoms with Gasteiger partial charge in [-0.15, -0.1) is 0 Å². The first-order chi connectivity index (χ1) is 18.7. The number of hydrogen-bond donors (Lipinski definition) is 2. The SMILES string of the molecule is COC(=O)C[C@@H]1C[C@@H](COc2ccc(-c3ccc(C(=N)N)cc3)cc2)N(c2cccc(C(=O)N(C)C)c2)C1=O. The lowest BCUT2D eigenvalue weighted by molar-refractivity contribution is -0.143. The van der Waals surface area contributed by atoms with Crippen molar-refractivity contribution in [1.29, 1.82) is 5.41 Å². The highest BCUT2D eigenvalue weighted by molar-refractivity contribution is 6.01. The topological polar surface area (TPSA) is 126 Å². The van der Waals surface area contributed by atoms with Crippen LogP contribution in [0.4, 0.5) is 5.69 Å². The number of methoxy groups -OCH3 is 1. The van der Waals surface area contributed by atoms with Gasteiger partial charge in [0.05, 0.1) is 25.5 Å². The van der Waals surface area contributed by atoms with Crippen molar-refractivity contribution in [2.24, 2.45) is 11.7 Å². The van der Waals surface area contributed by atoms with E-state index < -0.39 is 11.9 Å². The van der Waals surface area contributed by atoms with Gasteiger partial charge >= 0.3 is 5.97 Å². The van der Waals surface area contributed by atoms with Gasteiger partial charge < -0.3 is 25.0 Å². The second-order valence-corrected chi connectivity index (χ2v) is 9.65. The molecule has 1 aliphatic rings. The van der Waals surface area contributed by atoms with Crippen molar-refractivity contribution in [2.75, 3.05) is 32.7 Å². The van der Waals surface area contributed by atoms with Crippen LogP contribution in [-0.2, 0) is 14.3 Å². The minimum absolute atomic E-state index is 0.0181. The zero-order chi connectivity index (χ0) is 28.1. The van der Waals surface area contributed by atoms with Crippen molar-refractivity contribution in [1.82, 2.24) is 4.90 Å². The Morgan fingerprint density at radius 2 is 1.64 bits per heavy atom. The monoisotopic (exact) mass is 528 g/mol. The highest BCUT2D eigenvalue weighted by atomic mass is 16.5. The summed E-state index contributed by atoms with van der Waals surface area (Å²) >= 11 is 0. The van der Waals surface area contributed by atoms with Crippen molar-refractivity contribution in [3.8, 4) is 16.9 Å². The molecule has 0 spiro atoms. The highest BCUT2D eigenvalue weighted by Gasteiger charge is 2.42. The molecule has 39 heavy (non-hydrogen) atoms. The number of anilines is 1. The number of esters is 1. The van der Waals surface area contributed by atoms with Gasteiger partial charge in [-0.2, -0.15) is 0 Å². The molecule has 0 aromatic heterocycles. The molecule has 0 radical (unpaired) electrons. The number of rotatable bonds is 9. The predicted octanol–water partition coefficient (Wildman–Crippen LogP) is 3.70. The molecule has 3 N–H and O–H groups in total. The van der Waals surface area contributed by atoms with E-state index in [1.54, 1.807) is 55.4 Å². The van der Waals surface area contributed by atoms with Crippen molar-refractivity contribution in [3.63, 3.8) is 0 Å². The second kappa shape index (κ2) is 11.8. The van der Waals surface area contributed by atoms with Crippen LogP contribution in [0.3, 0.4) is 0 Å². The molecule has 4 rings (SSSR count). The molecule has 0 saturated carbocycles. The molecule has 0 aliphatic carbocycles. The summed E-state index contributed by atoms with van der Waals surface area (Å²) in [7, 11) is 4.65. The third kappa shape index (κ3) is 6.26. The van der Waals surface area contributed by atoms with E-state index in [-0.39, 0.29) is 36.7 Å². The highest BCUT2D eigenvalue weighted by Crippen LogP contribution is 2.34. The van der Waals surface area contributed by atoms with Crippen molar-refractivity contribution < 1.29 is 23.9 Å². The zero-order valence-electron chi connectivity index (χ0n) is 22.2. The Kier molecular flexibility index (Phi) is 8.29. The van der Waals surface area contributed by atoms with Gasteiger partial charge in [-0.25, -0.2) is 0 Å². The predicted molar refractivity (Wildman–Crippen MR) is 149 cm³/mol. The van der Waals surface area contributed by atoms with Crippen molar-refractivity contribution in [2.45, 2.75) is 18.9 Å². The van der Waals surface area contributed by atoms with Crippen LogP contribution < -0.4 is 15.4 Å². The average Bonchev–Trinajstić information content (AvgIpc) is 3.25. The molecule has 1 heterocycles. The Morgan fingerprint density at radius 1 is 1.00 bits per heavy atom. The number of nitrogen functional groups attached to an aromatic ring is 1. The zero-order valence-corrected chi connectivity index (χ0v) is 22.2. The lowest BCUT2D eigenvalue weighted by atomic mass is 10.0. The summed E-state index contributed by atoms with van der Waals surface area (Å²) in [5.41, 5.74) is 9.21. The quantitative estimate of drug-likeness (QED) is 0.248. The molecule has 2 amide bonds. The van der Waals surface area contributed by atoms with E-state index in [2.05, 4.69) is 0 Å². The maximum absolute atomic E-state index is 13.4. The Morgan fingerprint density at radius 3 is 2.23 bits per heavy atom. The molecular weight excluding hydrogens is 496 g/mol. The van der Waals surface area contributed by atoms with E-state index in [1.165, 1.54) is 12.0 Å². The smallest absolute Gasteiger partial charge is 0.306 e. The first-order valence-corrected chi connectivity index (χ1v) is 12.6. The van der Waals surface area contributed by atoms with Gasteiger partial charge in [-0.05, 0) is 47.9 Å².